The van der Waals surface area contributed by atoms with Crippen LogP contribution in [0.15, 0.2) is 11.1 Å². The summed E-state index contributed by atoms with van der Waals surface area (Å²) in [5, 5.41) is 4.59. The summed E-state index contributed by atoms with van der Waals surface area (Å²) in [5.74, 6) is 0. The second kappa shape index (κ2) is 5.60. The van der Waals surface area contributed by atoms with E-state index in [1.807, 2.05) is 0 Å². The Bertz CT molecular complexity index is 207. The zero-order chi connectivity index (χ0) is 7.11. The minimum Gasteiger partial charge on any atom is -0.225 e. The topological polar surface area (TPSA) is 29.4 Å². The summed E-state index contributed by atoms with van der Waals surface area (Å²) in [7, 11) is 0. The van der Waals surface area contributed by atoms with Crippen LogP contribution in [0.1, 0.15) is 6.92 Å². The average molecular weight is 159 g/mol. The number of thiocarbonyl (C=S) groups is 1. The van der Waals surface area contributed by atoms with Crippen molar-refractivity contribution in [3.8, 4) is 0 Å². The van der Waals surface area contributed by atoms with Crippen LogP contribution in [0.2, 0.25) is 0 Å². The van der Waals surface area contributed by atoms with Gasteiger partial charge in [0.25, 0.3) is 0 Å². The predicted molar refractivity (Wildman–Crippen MR) is 42.2 cm³/mol. The first kappa shape index (κ1) is 8.47. The molecule has 0 heterocycles. The number of hydrogen-bond acceptors (Lipinski definition) is 3. The van der Waals surface area contributed by atoms with E-state index in [-0.39, 0.29) is 17.3 Å². The minimum absolute atomic E-state index is 0.0797. The van der Waals surface area contributed by atoms with Crippen LogP contribution in [0.3, 0.4) is 0 Å². The molecular weight excluding hydrogens is 154 g/mol. The molecule has 0 rings (SSSR count). The average Bonchev–Trinajstić information content (AvgIpc) is 1.85. The summed E-state index contributed by atoms with van der Waals surface area (Å²) in [6.07, 6.45) is 1.54. The Balaban J connectivity index is 4.06. The standard InChI is InChI=1S/C5H5NOS2/c1-5(6-4-8)2-3-9-7/h2,5H,1H3. The third kappa shape index (κ3) is 5.34. The monoisotopic (exact) mass is 159 g/mol. The first-order valence-corrected chi connectivity index (χ1v) is 3.41. The molecule has 0 aliphatic rings. The van der Waals surface area contributed by atoms with Crippen molar-refractivity contribution in [1.29, 1.82) is 0 Å². The van der Waals surface area contributed by atoms with Crippen molar-refractivity contribution in [2.24, 2.45) is 4.99 Å². The highest BCUT2D eigenvalue weighted by atomic mass is 32.1. The molecule has 48 valence electrons. The van der Waals surface area contributed by atoms with E-state index in [0.717, 1.165) is 0 Å². The van der Waals surface area contributed by atoms with Gasteiger partial charge in [0.05, 0.1) is 11.2 Å². The smallest absolute Gasteiger partial charge is 0.142 e. The van der Waals surface area contributed by atoms with E-state index < -0.39 is 0 Å². The Labute approximate surface area is 62.4 Å². The maximum atomic E-state index is 9.72. The molecule has 4 heteroatoms. The van der Waals surface area contributed by atoms with Crippen LogP contribution in [0, 0.1) is 0 Å². The van der Waals surface area contributed by atoms with Gasteiger partial charge < -0.3 is 0 Å². The van der Waals surface area contributed by atoms with Crippen molar-refractivity contribution in [3.63, 3.8) is 0 Å². The summed E-state index contributed by atoms with van der Waals surface area (Å²) in [5.41, 5.74) is 0. The molecule has 0 aromatic carbocycles. The number of isothiocyanates is 1. The Kier molecular flexibility index (Phi) is 5.27. The highest BCUT2D eigenvalue weighted by Crippen LogP contribution is 1.84. The van der Waals surface area contributed by atoms with Crippen molar-refractivity contribution in [2.45, 2.75) is 13.0 Å². The van der Waals surface area contributed by atoms with Crippen LogP contribution in [0.25, 0.3) is 0 Å². The Morgan fingerprint density at radius 3 is 3.00 bits per heavy atom. The van der Waals surface area contributed by atoms with Gasteiger partial charge in [-0.1, -0.05) is 0 Å². The van der Waals surface area contributed by atoms with Gasteiger partial charge in [0.15, 0.2) is 0 Å². The van der Waals surface area contributed by atoms with Gasteiger partial charge in [0.2, 0.25) is 0 Å². The molecule has 0 saturated heterocycles. The largest absolute Gasteiger partial charge is 0.225 e. The third-order valence-corrected chi connectivity index (χ3v) is 0.951. The maximum Gasteiger partial charge on any atom is 0.142 e. The van der Waals surface area contributed by atoms with E-state index in [9.17, 15) is 4.21 Å². The molecule has 1 atom stereocenters. The molecule has 1 unspecified atom stereocenters. The van der Waals surface area contributed by atoms with E-state index >= 15 is 0 Å². The highest BCUT2D eigenvalue weighted by Gasteiger charge is 1.85. The fraction of sp³-hybridized carbons (Fsp3) is 0.400. The molecule has 0 N–H and O–H groups in total. The molecule has 0 saturated carbocycles. The van der Waals surface area contributed by atoms with E-state index in [1.54, 1.807) is 6.92 Å². The number of hydrogen-bond donors (Lipinski definition) is 0. The van der Waals surface area contributed by atoms with E-state index in [1.165, 1.54) is 6.08 Å². The summed E-state index contributed by atoms with van der Waals surface area (Å²) in [6, 6.07) is -0.0797. The molecule has 0 spiro atoms. The first-order valence-electron chi connectivity index (χ1n) is 2.26. The van der Waals surface area contributed by atoms with Gasteiger partial charge >= 0.3 is 0 Å². The summed E-state index contributed by atoms with van der Waals surface area (Å²) in [6.45, 7) is 1.79. The lowest BCUT2D eigenvalue weighted by Gasteiger charge is -1.86. The van der Waals surface area contributed by atoms with E-state index in [4.69, 9.17) is 0 Å². The minimum atomic E-state index is -0.0797. The molecule has 0 aliphatic heterocycles. The van der Waals surface area contributed by atoms with Crippen LogP contribution in [0.4, 0.5) is 0 Å². The lowest BCUT2D eigenvalue weighted by atomic mass is 10.4. The lowest BCUT2D eigenvalue weighted by Crippen LogP contribution is -1.88. The van der Waals surface area contributed by atoms with Crippen LogP contribution in [-0.4, -0.2) is 20.4 Å². The van der Waals surface area contributed by atoms with E-state index in [2.05, 4.69) is 27.4 Å². The number of rotatable bonds is 2. The Morgan fingerprint density at radius 2 is 2.56 bits per heavy atom. The molecule has 0 aliphatic carbocycles. The van der Waals surface area contributed by atoms with Gasteiger partial charge in [-0.15, -0.1) is 0 Å². The molecule has 0 bridgehead atoms. The molecular formula is C5H5NOS2. The molecule has 9 heavy (non-hydrogen) atoms. The highest BCUT2D eigenvalue weighted by molar-refractivity contribution is 7.78. The number of aliphatic imine (C=N–C) groups is 1. The zero-order valence-corrected chi connectivity index (χ0v) is 6.46. The molecule has 0 fully saturated rings. The summed E-state index contributed by atoms with van der Waals surface area (Å²) in [4.78, 5) is 3.66. The van der Waals surface area contributed by atoms with Crippen molar-refractivity contribution in [3.05, 3.63) is 6.08 Å². The fourth-order valence-electron chi connectivity index (χ4n) is 0.247. The fourth-order valence-corrected chi connectivity index (χ4v) is 0.665. The predicted octanol–water partition coefficient (Wildman–Crippen LogP) is 0.648. The van der Waals surface area contributed by atoms with Crippen molar-refractivity contribution >= 4 is 33.7 Å². The molecule has 0 radical (unpaired) electrons. The lowest BCUT2D eigenvalue weighted by molar-refractivity contribution is 0.701. The normalized spacial score (nSPS) is 10.3. The molecule has 0 amide bonds. The summed E-state index contributed by atoms with van der Waals surface area (Å²) < 4.78 is 9.72. The van der Waals surface area contributed by atoms with Gasteiger partial charge in [-0.2, -0.15) is 0 Å². The molecule has 2 nitrogen and oxygen atoms in total. The Hall–Kier alpha value is -0.530. The van der Waals surface area contributed by atoms with Crippen LogP contribution >= 0.6 is 12.2 Å². The molecule has 0 aromatic heterocycles. The van der Waals surface area contributed by atoms with Crippen LogP contribution < -0.4 is 0 Å². The SMILES string of the molecule is CC(C=C=S=O)N=C=S. The van der Waals surface area contributed by atoms with Gasteiger partial charge in [0.1, 0.15) is 11.3 Å². The zero-order valence-electron chi connectivity index (χ0n) is 4.83. The quantitative estimate of drug-likeness (QED) is 0.437. The van der Waals surface area contributed by atoms with Crippen molar-refractivity contribution in [2.75, 3.05) is 0 Å². The van der Waals surface area contributed by atoms with Crippen molar-refractivity contribution < 1.29 is 4.21 Å². The maximum absolute atomic E-state index is 9.72. The second-order valence-electron chi connectivity index (χ2n) is 1.33. The number of nitrogens with zero attached hydrogens (tertiary/aromatic N) is 1. The van der Waals surface area contributed by atoms with Crippen LogP contribution in [-0.2, 0) is 11.3 Å². The van der Waals surface area contributed by atoms with Gasteiger partial charge in [-0.3, -0.25) is 0 Å². The van der Waals surface area contributed by atoms with Gasteiger partial charge in [-0.05, 0) is 30.2 Å². The molecule has 0 aromatic rings. The van der Waals surface area contributed by atoms with Crippen LogP contribution in [0.5, 0.6) is 0 Å². The second-order valence-corrected chi connectivity index (χ2v) is 1.91. The first-order chi connectivity index (χ1) is 4.31. The summed E-state index contributed by atoms with van der Waals surface area (Å²) >= 11 is 4.61. The van der Waals surface area contributed by atoms with E-state index in [0.29, 0.717) is 0 Å². The van der Waals surface area contributed by atoms with Gasteiger partial charge in [0, 0.05) is 0 Å². The van der Waals surface area contributed by atoms with Crippen molar-refractivity contribution in [1.82, 2.24) is 0 Å². The van der Waals surface area contributed by atoms with Gasteiger partial charge in [-0.25, -0.2) is 9.20 Å². The third-order valence-electron chi connectivity index (χ3n) is 0.614. The Morgan fingerprint density at radius 1 is 1.89 bits per heavy atom.